The summed E-state index contributed by atoms with van der Waals surface area (Å²) in [5.74, 6) is 0. The Labute approximate surface area is 502 Å². The van der Waals surface area contributed by atoms with Gasteiger partial charge in [0.05, 0.1) is 22.8 Å². The first-order valence-electron chi connectivity index (χ1n) is 28.1. The van der Waals surface area contributed by atoms with E-state index in [4.69, 9.17) is 15.7 Å². The normalized spacial score (nSPS) is 10.7. The Morgan fingerprint density at radius 3 is 0.988 bits per heavy atom. The number of anilines is 4. The van der Waals surface area contributed by atoms with Crippen LogP contribution in [-0.2, 0) is 0 Å². The zero-order valence-electron chi connectivity index (χ0n) is 47.2. The fraction of sp³-hybridized carbons (Fsp3) is 0.0385. The number of para-hydroxylation sites is 2. The molecule has 0 aliphatic heterocycles. The summed E-state index contributed by atoms with van der Waals surface area (Å²) in [5.41, 5.74) is 31.2. The average Bonchev–Trinajstić information content (AvgIpc) is 3.56. The van der Waals surface area contributed by atoms with Crippen molar-refractivity contribution in [2.45, 2.75) is 20.8 Å². The molecule has 6 heteroatoms. The molecule has 0 saturated heterocycles. The first kappa shape index (κ1) is 55.6. The molecule has 0 bridgehead atoms. The van der Waals surface area contributed by atoms with E-state index in [0.29, 0.717) is 0 Å². The highest BCUT2D eigenvalue weighted by molar-refractivity contribution is 9.10. The molecule has 0 saturated carbocycles. The molecule has 2 N–H and O–H groups in total. The number of halogens is 1. The summed E-state index contributed by atoms with van der Waals surface area (Å²) < 4.78 is 1.07. The summed E-state index contributed by atoms with van der Waals surface area (Å²) in [5, 5.41) is 0. The number of nitrogens with zero attached hydrogens (tertiary/aromatic N) is 4. The number of rotatable bonds is 11. The van der Waals surface area contributed by atoms with Gasteiger partial charge in [0.1, 0.15) is 0 Å². The number of aromatic nitrogens is 3. The fourth-order valence-electron chi connectivity index (χ4n) is 10.4. The lowest BCUT2D eigenvalue weighted by Gasteiger charge is -2.28. The van der Waals surface area contributed by atoms with Crippen molar-refractivity contribution < 1.29 is 0 Å². The molecule has 0 amide bonds. The van der Waals surface area contributed by atoms with Crippen molar-refractivity contribution in [3.8, 4) is 89.4 Å². The lowest BCUT2D eigenvalue weighted by Crippen LogP contribution is -2.11. The van der Waals surface area contributed by atoms with Crippen LogP contribution in [0.25, 0.3) is 89.4 Å². The molecule has 0 aliphatic rings. The molecular formula is C78H62BrN5. The zero-order valence-corrected chi connectivity index (χ0v) is 48.8. The molecule has 0 fully saturated rings. The highest BCUT2D eigenvalue weighted by Gasteiger charge is 2.20. The Morgan fingerprint density at radius 2 is 0.595 bits per heavy atom. The Bertz CT molecular complexity index is 4170. The third-order valence-electron chi connectivity index (χ3n) is 14.8. The van der Waals surface area contributed by atoms with E-state index in [2.05, 4.69) is 277 Å². The fourth-order valence-corrected chi connectivity index (χ4v) is 10.8. The van der Waals surface area contributed by atoms with Crippen LogP contribution in [0, 0.1) is 20.8 Å². The lowest BCUT2D eigenvalue weighted by molar-refractivity contribution is 1.25. The molecule has 10 aromatic carbocycles. The second kappa shape index (κ2) is 26.5. The van der Waals surface area contributed by atoms with Crippen LogP contribution in [0.2, 0.25) is 0 Å². The van der Waals surface area contributed by atoms with Gasteiger partial charge in [0.15, 0.2) is 0 Å². The molecule has 13 aromatic rings. The minimum Gasteiger partial charge on any atom is -0.398 e. The van der Waals surface area contributed by atoms with Gasteiger partial charge in [-0.15, -0.1) is 0 Å². The summed E-state index contributed by atoms with van der Waals surface area (Å²) in [6.07, 6.45) is 5.90. The van der Waals surface area contributed by atoms with Crippen LogP contribution in [0.15, 0.2) is 314 Å². The molecule has 406 valence electrons. The quantitative estimate of drug-likeness (QED) is 0.131. The van der Waals surface area contributed by atoms with Gasteiger partial charge in [-0.2, -0.15) is 0 Å². The Hall–Kier alpha value is -10.3. The van der Waals surface area contributed by atoms with E-state index < -0.39 is 0 Å². The number of aryl methyl sites for hydroxylation is 3. The number of pyridine rings is 3. The molecule has 0 aliphatic carbocycles. The minimum atomic E-state index is 0.828. The second-order valence-corrected chi connectivity index (χ2v) is 21.5. The van der Waals surface area contributed by atoms with Gasteiger partial charge in [-0.25, -0.2) is 0 Å². The molecule has 0 atom stereocenters. The van der Waals surface area contributed by atoms with Crippen molar-refractivity contribution in [3.63, 3.8) is 0 Å². The molecular weight excluding hydrogens is 1090 g/mol. The largest absolute Gasteiger partial charge is 0.398 e. The third kappa shape index (κ3) is 13.2. The van der Waals surface area contributed by atoms with E-state index in [1.807, 2.05) is 79.3 Å². The minimum absolute atomic E-state index is 0.828. The van der Waals surface area contributed by atoms with Crippen molar-refractivity contribution in [1.82, 2.24) is 15.0 Å². The average molecular weight is 1150 g/mol. The maximum atomic E-state index is 5.85. The van der Waals surface area contributed by atoms with Crippen molar-refractivity contribution >= 4 is 38.7 Å². The summed E-state index contributed by atoms with van der Waals surface area (Å²) in [6, 6.07) is 101. The number of nitrogen functional groups attached to an aromatic ring is 1. The summed E-state index contributed by atoms with van der Waals surface area (Å²) >= 11 is 3.51. The monoisotopic (exact) mass is 1150 g/mol. The van der Waals surface area contributed by atoms with Crippen LogP contribution < -0.4 is 10.6 Å². The zero-order chi connectivity index (χ0) is 57.6. The predicted molar refractivity (Wildman–Crippen MR) is 357 cm³/mol. The topological polar surface area (TPSA) is 67.9 Å². The highest BCUT2D eigenvalue weighted by Crippen LogP contribution is 2.43. The molecule has 13 rings (SSSR count). The standard InChI is InChI=1S/C48H37N3.C18H14BrN.C12H11N/c1-34-32-49-46(30-44(34)37-18-8-4-9-19-37)39-22-14-24-41(28-39)51(48-27-13-12-26-43(48)36-16-6-3-7-17-36)42-25-15-23-40(29-42)47-31-45(35(2)33-50-47)38-20-10-5-11-21-38;1-13-12-20-18(15-8-5-9-16(19)10-15)11-17(13)14-6-3-2-4-7-14;13-12-9-5-4-8-11(12)10-6-2-1-3-7-10/h3-33H,1-2H3;2-12H,1H3;1-9H,13H2. The van der Waals surface area contributed by atoms with Gasteiger partial charge in [-0.1, -0.05) is 240 Å². The third-order valence-corrected chi connectivity index (χ3v) is 15.3. The van der Waals surface area contributed by atoms with Crippen molar-refractivity contribution in [3.05, 3.63) is 331 Å². The number of benzene rings is 10. The molecule has 3 heterocycles. The van der Waals surface area contributed by atoms with Gasteiger partial charge in [0, 0.05) is 67.9 Å². The smallest absolute Gasteiger partial charge is 0.0709 e. The maximum Gasteiger partial charge on any atom is 0.0709 e. The van der Waals surface area contributed by atoms with Crippen molar-refractivity contribution in [2.75, 3.05) is 10.6 Å². The van der Waals surface area contributed by atoms with Crippen molar-refractivity contribution in [2.24, 2.45) is 0 Å². The molecule has 0 unspecified atom stereocenters. The van der Waals surface area contributed by atoms with Gasteiger partial charge in [0.25, 0.3) is 0 Å². The maximum absolute atomic E-state index is 5.85. The first-order chi connectivity index (χ1) is 41.2. The highest BCUT2D eigenvalue weighted by atomic mass is 79.9. The van der Waals surface area contributed by atoms with E-state index in [0.717, 1.165) is 88.8 Å². The number of nitrogens with two attached hydrogens (primary N) is 1. The Balaban J connectivity index is 0.000000180. The van der Waals surface area contributed by atoms with E-state index in [-0.39, 0.29) is 0 Å². The molecule has 3 aromatic heterocycles. The predicted octanol–water partition coefficient (Wildman–Crippen LogP) is 21.3. The van der Waals surface area contributed by atoms with Crippen molar-refractivity contribution in [1.29, 1.82) is 0 Å². The van der Waals surface area contributed by atoms with Crippen LogP contribution in [-0.4, -0.2) is 15.0 Å². The molecule has 84 heavy (non-hydrogen) atoms. The summed E-state index contributed by atoms with van der Waals surface area (Å²) in [6.45, 7) is 6.34. The van der Waals surface area contributed by atoms with Crippen LogP contribution in [0.4, 0.5) is 22.7 Å². The van der Waals surface area contributed by atoms with E-state index in [9.17, 15) is 0 Å². The molecule has 0 spiro atoms. The van der Waals surface area contributed by atoms with Gasteiger partial charge < -0.3 is 10.6 Å². The van der Waals surface area contributed by atoms with E-state index in [1.54, 1.807) is 0 Å². The lowest BCUT2D eigenvalue weighted by atomic mass is 9.98. The summed E-state index contributed by atoms with van der Waals surface area (Å²) in [4.78, 5) is 16.7. The van der Waals surface area contributed by atoms with Gasteiger partial charge >= 0.3 is 0 Å². The molecule has 0 radical (unpaired) electrons. The second-order valence-electron chi connectivity index (χ2n) is 20.5. The molecule has 5 nitrogen and oxygen atoms in total. The Morgan fingerprint density at radius 1 is 0.286 bits per heavy atom. The van der Waals surface area contributed by atoms with E-state index >= 15 is 0 Å². The number of hydrogen-bond donors (Lipinski definition) is 1. The van der Waals surface area contributed by atoms with Crippen LogP contribution in [0.3, 0.4) is 0 Å². The Kier molecular flexibility index (Phi) is 17.6. The number of hydrogen-bond acceptors (Lipinski definition) is 5. The van der Waals surface area contributed by atoms with Crippen LogP contribution in [0.1, 0.15) is 16.7 Å². The SMILES string of the molecule is Cc1cnc(-c2cccc(Br)c2)cc1-c1ccccc1.Cc1cnc(-c2cccc(N(c3cccc(-c4cc(-c5ccccc5)c(C)cn4)c3)c3ccccc3-c3ccccc3)c2)cc1-c1ccccc1.Nc1ccccc1-c1ccccc1. The van der Waals surface area contributed by atoms with Crippen LogP contribution >= 0.6 is 15.9 Å². The van der Waals surface area contributed by atoms with Gasteiger partial charge in [-0.05, 0) is 149 Å². The van der Waals surface area contributed by atoms with Gasteiger partial charge in [0.2, 0.25) is 0 Å². The summed E-state index contributed by atoms with van der Waals surface area (Å²) in [7, 11) is 0. The van der Waals surface area contributed by atoms with Crippen LogP contribution in [0.5, 0.6) is 0 Å². The van der Waals surface area contributed by atoms with Gasteiger partial charge in [-0.3, -0.25) is 15.0 Å². The van der Waals surface area contributed by atoms with E-state index in [1.165, 1.54) is 44.5 Å². The first-order valence-corrected chi connectivity index (χ1v) is 28.9.